The second kappa shape index (κ2) is 6.19. The van der Waals surface area contributed by atoms with Crippen molar-refractivity contribution >= 4 is 0 Å². The van der Waals surface area contributed by atoms with E-state index in [1.165, 1.54) is 32.1 Å². The van der Waals surface area contributed by atoms with Gasteiger partial charge >= 0.3 is 0 Å². The topological polar surface area (TPSA) is 46.2 Å². The van der Waals surface area contributed by atoms with Gasteiger partial charge in [0.25, 0.3) is 0 Å². The Hall–Kier alpha value is -0.0800. The molecule has 3 N–H and O–H groups in total. The summed E-state index contributed by atoms with van der Waals surface area (Å²) in [5.41, 5.74) is 5.41. The van der Waals surface area contributed by atoms with E-state index in [1.54, 1.807) is 0 Å². The molecule has 0 aromatic heterocycles. The fourth-order valence-electron chi connectivity index (χ4n) is 3.42. The monoisotopic (exact) mass is 241 g/mol. The Morgan fingerprint density at radius 2 is 1.65 bits per heavy atom. The lowest BCUT2D eigenvalue weighted by molar-refractivity contribution is -0.117. The van der Waals surface area contributed by atoms with Gasteiger partial charge in [0, 0.05) is 12.0 Å². The van der Waals surface area contributed by atoms with E-state index in [4.69, 9.17) is 5.73 Å². The standard InChI is InChI=1S/C15H31NO/c1-4-13(2)14(3,17)15(12-16)10-8-6-5-7-9-11-15/h13,17H,4-12,16H2,1-3H3. The van der Waals surface area contributed by atoms with Gasteiger partial charge < -0.3 is 10.8 Å². The third-order valence-corrected chi connectivity index (χ3v) is 5.35. The van der Waals surface area contributed by atoms with Crippen LogP contribution in [0.15, 0.2) is 0 Å². The van der Waals surface area contributed by atoms with Crippen molar-refractivity contribution in [2.75, 3.05) is 6.54 Å². The van der Waals surface area contributed by atoms with Crippen molar-refractivity contribution in [2.45, 2.75) is 77.7 Å². The van der Waals surface area contributed by atoms with E-state index in [9.17, 15) is 5.11 Å². The van der Waals surface area contributed by atoms with E-state index >= 15 is 0 Å². The van der Waals surface area contributed by atoms with Gasteiger partial charge in [0.1, 0.15) is 0 Å². The van der Waals surface area contributed by atoms with Crippen LogP contribution in [0.5, 0.6) is 0 Å². The summed E-state index contributed by atoms with van der Waals surface area (Å²) in [4.78, 5) is 0. The van der Waals surface area contributed by atoms with Crippen LogP contribution in [0.25, 0.3) is 0 Å². The predicted octanol–water partition coefficient (Wildman–Crippen LogP) is 3.47. The van der Waals surface area contributed by atoms with E-state index in [0.29, 0.717) is 12.5 Å². The van der Waals surface area contributed by atoms with Crippen molar-refractivity contribution in [3.63, 3.8) is 0 Å². The van der Waals surface area contributed by atoms with Gasteiger partial charge in [0.05, 0.1) is 5.60 Å². The minimum atomic E-state index is -0.617. The molecule has 2 atom stereocenters. The second-order valence-corrected chi connectivity index (χ2v) is 6.21. The van der Waals surface area contributed by atoms with Gasteiger partial charge in [-0.15, -0.1) is 0 Å². The minimum absolute atomic E-state index is 0.0527. The van der Waals surface area contributed by atoms with Gasteiger partial charge in [0.15, 0.2) is 0 Å². The highest BCUT2D eigenvalue weighted by Gasteiger charge is 2.47. The zero-order chi connectivity index (χ0) is 12.9. The van der Waals surface area contributed by atoms with Crippen LogP contribution in [-0.4, -0.2) is 17.3 Å². The number of nitrogens with two attached hydrogens (primary N) is 1. The first-order valence-electron chi connectivity index (χ1n) is 7.42. The van der Waals surface area contributed by atoms with Crippen LogP contribution in [0.4, 0.5) is 0 Å². The van der Waals surface area contributed by atoms with E-state index in [2.05, 4.69) is 13.8 Å². The summed E-state index contributed by atoms with van der Waals surface area (Å²) in [6.07, 6.45) is 9.63. The largest absolute Gasteiger partial charge is 0.389 e. The lowest BCUT2D eigenvalue weighted by atomic mass is 9.61. The van der Waals surface area contributed by atoms with Crippen molar-refractivity contribution in [3.8, 4) is 0 Å². The van der Waals surface area contributed by atoms with E-state index in [0.717, 1.165) is 19.3 Å². The predicted molar refractivity (Wildman–Crippen MR) is 73.9 cm³/mol. The Kier molecular flexibility index (Phi) is 5.46. The molecule has 1 fully saturated rings. The van der Waals surface area contributed by atoms with Crippen molar-refractivity contribution < 1.29 is 5.11 Å². The second-order valence-electron chi connectivity index (χ2n) is 6.21. The smallest absolute Gasteiger partial charge is 0.0713 e. The molecule has 0 saturated heterocycles. The van der Waals surface area contributed by atoms with Crippen LogP contribution in [0.3, 0.4) is 0 Å². The highest BCUT2D eigenvalue weighted by Crippen LogP contribution is 2.46. The molecule has 0 heterocycles. The van der Waals surface area contributed by atoms with Gasteiger partial charge in [-0.25, -0.2) is 0 Å². The summed E-state index contributed by atoms with van der Waals surface area (Å²) < 4.78 is 0. The van der Waals surface area contributed by atoms with Crippen LogP contribution < -0.4 is 5.73 Å². The van der Waals surface area contributed by atoms with Crippen molar-refractivity contribution in [1.29, 1.82) is 0 Å². The summed E-state index contributed by atoms with van der Waals surface area (Å²) >= 11 is 0. The Morgan fingerprint density at radius 1 is 1.18 bits per heavy atom. The first kappa shape index (κ1) is 15.0. The quantitative estimate of drug-likeness (QED) is 0.791. The first-order valence-corrected chi connectivity index (χ1v) is 7.42. The normalized spacial score (nSPS) is 26.6. The lowest BCUT2D eigenvalue weighted by Crippen LogP contribution is -2.54. The average Bonchev–Trinajstić information content (AvgIpc) is 2.28. The highest BCUT2D eigenvalue weighted by molar-refractivity contribution is 4.99. The number of aliphatic hydroxyl groups is 1. The van der Waals surface area contributed by atoms with E-state index < -0.39 is 5.60 Å². The SMILES string of the molecule is CCC(C)C(C)(O)C1(CN)CCCCCCC1. The van der Waals surface area contributed by atoms with E-state index in [1.807, 2.05) is 6.92 Å². The molecule has 0 spiro atoms. The molecule has 102 valence electrons. The molecule has 0 aliphatic heterocycles. The number of hydrogen-bond acceptors (Lipinski definition) is 2. The Labute approximate surface area is 107 Å². The summed E-state index contributed by atoms with van der Waals surface area (Å²) in [5, 5.41) is 11.0. The molecule has 2 nitrogen and oxygen atoms in total. The van der Waals surface area contributed by atoms with Gasteiger partial charge in [-0.3, -0.25) is 0 Å². The summed E-state index contributed by atoms with van der Waals surface area (Å²) in [6, 6.07) is 0. The average molecular weight is 241 g/mol. The number of hydrogen-bond donors (Lipinski definition) is 2. The highest BCUT2D eigenvalue weighted by atomic mass is 16.3. The molecule has 2 heteroatoms. The molecular weight excluding hydrogens is 210 g/mol. The Balaban J connectivity index is 2.90. The summed E-state index contributed by atoms with van der Waals surface area (Å²) in [7, 11) is 0. The Bertz CT molecular complexity index is 217. The summed E-state index contributed by atoms with van der Waals surface area (Å²) in [6.45, 7) is 6.97. The van der Waals surface area contributed by atoms with Crippen LogP contribution in [0.1, 0.15) is 72.1 Å². The van der Waals surface area contributed by atoms with Gasteiger partial charge in [-0.05, 0) is 25.7 Å². The van der Waals surface area contributed by atoms with Crippen LogP contribution >= 0.6 is 0 Å². The van der Waals surface area contributed by atoms with E-state index in [-0.39, 0.29) is 5.41 Å². The van der Waals surface area contributed by atoms with Gasteiger partial charge in [0.2, 0.25) is 0 Å². The fraction of sp³-hybridized carbons (Fsp3) is 1.00. The minimum Gasteiger partial charge on any atom is -0.389 e. The molecule has 0 aromatic carbocycles. The molecule has 0 radical (unpaired) electrons. The van der Waals surface area contributed by atoms with Gasteiger partial charge in [-0.1, -0.05) is 52.4 Å². The maximum atomic E-state index is 11.0. The lowest BCUT2D eigenvalue weighted by Gasteiger charge is -2.49. The molecule has 17 heavy (non-hydrogen) atoms. The summed E-state index contributed by atoms with van der Waals surface area (Å²) in [5.74, 6) is 0.325. The fourth-order valence-corrected chi connectivity index (χ4v) is 3.42. The molecule has 0 amide bonds. The first-order chi connectivity index (χ1) is 8.00. The molecule has 0 aromatic rings. The van der Waals surface area contributed by atoms with Crippen LogP contribution in [-0.2, 0) is 0 Å². The molecule has 1 rings (SSSR count). The third kappa shape index (κ3) is 3.03. The molecule has 1 saturated carbocycles. The van der Waals surface area contributed by atoms with Crippen molar-refractivity contribution in [3.05, 3.63) is 0 Å². The Morgan fingerprint density at radius 3 is 2.06 bits per heavy atom. The maximum Gasteiger partial charge on any atom is 0.0713 e. The zero-order valence-electron chi connectivity index (χ0n) is 12.0. The molecule has 1 aliphatic rings. The maximum absolute atomic E-state index is 11.0. The molecule has 1 aliphatic carbocycles. The van der Waals surface area contributed by atoms with Gasteiger partial charge in [-0.2, -0.15) is 0 Å². The van der Waals surface area contributed by atoms with Crippen molar-refractivity contribution in [1.82, 2.24) is 0 Å². The molecular formula is C15H31NO. The third-order valence-electron chi connectivity index (χ3n) is 5.35. The molecule has 0 bridgehead atoms. The van der Waals surface area contributed by atoms with Crippen LogP contribution in [0.2, 0.25) is 0 Å². The van der Waals surface area contributed by atoms with Crippen LogP contribution in [0, 0.1) is 11.3 Å². The number of rotatable bonds is 4. The zero-order valence-corrected chi connectivity index (χ0v) is 12.0. The van der Waals surface area contributed by atoms with Crippen molar-refractivity contribution in [2.24, 2.45) is 17.1 Å². The molecule has 2 unspecified atom stereocenters.